The van der Waals surface area contributed by atoms with Crippen LogP contribution in [0.4, 0.5) is 0 Å². The van der Waals surface area contributed by atoms with E-state index in [0.717, 1.165) is 111 Å². The molecule has 0 saturated heterocycles. The van der Waals surface area contributed by atoms with Crippen LogP contribution in [0.15, 0.2) is 243 Å². The Balaban J connectivity index is 1.08. The van der Waals surface area contributed by atoms with Crippen molar-refractivity contribution in [1.29, 1.82) is 0 Å². The zero-order valence-electron chi connectivity index (χ0n) is 35.9. The Bertz CT molecular complexity index is 3720. The molecule has 12 aromatic rings. The number of aromatic nitrogens is 4. The van der Waals surface area contributed by atoms with E-state index in [0.29, 0.717) is 5.82 Å². The highest BCUT2D eigenvalue weighted by molar-refractivity contribution is 6.05. The molecular formula is C62H40N4. The van der Waals surface area contributed by atoms with Gasteiger partial charge in [-0.2, -0.15) is 0 Å². The number of rotatable bonds is 8. The topological polar surface area (TPSA) is 51.6 Å². The standard InChI is InChI=1S/C62H40N4/c1-3-13-41(14-4-1)47-17-11-19-49(37-47)51-39-56(50-20-12-18-48(38-50)42-15-5-2-6-16-42)61-57(40-51)60(45-29-25-43(26-30-45)52-33-35-63-58-23-9-7-21-54(52)58)65-62(66-61)46-31-27-44(28-32-46)53-34-36-64-59-24-10-8-22-55(53)59/h1-40H. The molecule has 12 rings (SSSR count). The van der Waals surface area contributed by atoms with Gasteiger partial charge in [-0.15, -0.1) is 0 Å². The van der Waals surface area contributed by atoms with Crippen LogP contribution in [0, 0.1) is 0 Å². The van der Waals surface area contributed by atoms with Gasteiger partial charge in [0.05, 0.1) is 22.2 Å². The normalized spacial score (nSPS) is 11.3. The lowest BCUT2D eigenvalue weighted by Crippen LogP contribution is -1.98. The first-order chi connectivity index (χ1) is 32.7. The van der Waals surface area contributed by atoms with Gasteiger partial charge in [0, 0.05) is 45.2 Å². The minimum Gasteiger partial charge on any atom is -0.256 e. The van der Waals surface area contributed by atoms with E-state index in [-0.39, 0.29) is 0 Å². The summed E-state index contributed by atoms with van der Waals surface area (Å²) >= 11 is 0. The summed E-state index contributed by atoms with van der Waals surface area (Å²) in [5.41, 5.74) is 19.1. The monoisotopic (exact) mass is 840 g/mol. The molecule has 4 nitrogen and oxygen atoms in total. The minimum absolute atomic E-state index is 0.659. The largest absolute Gasteiger partial charge is 0.256 e. The van der Waals surface area contributed by atoms with E-state index in [1.165, 1.54) is 5.56 Å². The first kappa shape index (κ1) is 38.8. The van der Waals surface area contributed by atoms with Crippen molar-refractivity contribution < 1.29 is 0 Å². The van der Waals surface area contributed by atoms with Gasteiger partial charge < -0.3 is 0 Å². The van der Waals surface area contributed by atoms with Crippen molar-refractivity contribution in [1.82, 2.24) is 19.9 Å². The molecule has 308 valence electrons. The molecule has 0 bridgehead atoms. The fourth-order valence-corrected chi connectivity index (χ4v) is 9.28. The summed E-state index contributed by atoms with van der Waals surface area (Å²) in [4.78, 5) is 20.3. The number of benzene rings is 9. The van der Waals surface area contributed by atoms with Gasteiger partial charge in [-0.25, -0.2) is 9.97 Å². The number of pyridine rings is 2. The van der Waals surface area contributed by atoms with Crippen LogP contribution in [0.5, 0.6) is 0 Å². The summed E-state index contributed by atoms with van der Waals surface area (Å²) in [6.07, 6.45) is 3.77. The molecule has 4 heteroatoms. The van der Waals surface area contributed by atoms with E-state index in [2.05, 4.69) is 228 Å². The summed E-state index contributed by atoms with van der Waals surface area (Å²) in [7, 11) is 0. The second-order valence-corrected chi connectivity index (χ2v) is 16.6. The van der Waals surface area contributed by atoms with Gasteiger partial charge in [0.15, 0.2) is 5.82 Å². The van der Waals surface area contributed by atoms with E-state index in [4.69, 9.17) is 9.97 Å². The molecule has 0 radical (unpaired) electrons. The van der Waals surface area contributed by atoms with Crippen LogP contribution < -0.4 is 0 Å². The fraction of sp³-hybridized carbons (Fsp3) is 0. The Morgan fingerprint density at radius 3 is 1.27 bits per heavy atom. The van der Waals surface area contributed by atoms with Crippen molar-refractivity contribution in [3.63, 3.8) is 0 Å². The fourth-order valence-electron chi connectivity index (χ4n) is 9.28. The number of para-hydroxylation sites is 2. The van der Waals surface area contributed by atoms with Gasteiger partial charge in [-0.05, 0) is 110 Å². The molecule has 9 aromatic carbocycles. The third kappa shape index (κ3) is 7.27. The molecule has 0 spiro atoms. The molecule has 0 saturated carbocycles. The number of hydrogen-bond acceptors (Lipinski definition) is 4. The molecule has 0 N–H and O–H groups in total. The van der Waals surface area contributed by atoms with Crippen molar-refractivity contribution >= 4 is 32.7 Å². The summed E-state index contributed by atoms with van der Waals surface area (Å²) in [5, 5.41) is 3.21. The number of hydrogen-bond donors (Lipinski definition) is 0. The van der Waals surface area contributed by atoms with Gasteiger partial charge in [0.25, 0.3) is 0 Å². The minimum atomic E-state index is 0.659. The van der Waals surface area contributed by atoms with Crippen LogP contribution in [0.25, 0.3) is 122 Å². The second kappa shape index (κ2) is 16.7. The quantitative estimate of drug-likeness (QED) is 0.153. The molecule has 0 fully saturated rings. The average Bonchev–Trinajstić information content (AvgIpc) is 3.40. The smallest absolute Gasteiger partial charge is 0.160 e. The highest BCUT2D eigenvalue weighted by atomic mass is 14.9. The molecule has 0 aliphatic carbocycles. The van der Waals surface area contributed by atoms with E-state index in [9.17, 15) is 0 Å². The molecule has 0 aliphatic rings. The molecule has 3 aromatic heterocycles. The predicted octanol–water partition coefficient (Wildman–Crippen LogP) is 16.1. The van der Waals surface area contributed by atoms with Crippen LogP contribution in [0.2, 0.25) is 0 Å². The first-order valence-electron chi connectivity index (χ1n) is 22.3. The van der Waals surface area contributed by atoms with E-state index >= 15 is 0 Å². The van der Waals surface area contributed by atoms with Crippen LogP contribution in [-0.4, -0.2) is 19.9 Å². The van der Waals surface area contributed by atoms with Crippen LogP contribution in [0.3, 0.4) is 0 Å². The molecule has 0 atom stereocenters. The van der Waals surface area contributed by atoms with Gasteiger partial charge in [0.2, 0.25) is 0 Å². The third-order valence-electron chi connectivity index (χ3n) is 12.6. The molecule has 0 unspecified atom stereocenters. The van der Waals surface area contributed by atoms with Crippen LogP contribution in [0.1, 0.15) is 0 Å². The van der Waals surface area contributed by atoms with Gasteiger partial charge in [0.1, 0.15) is 0 Å². The zero-order valence-corrected chi connectivity index (χ0v) is 35.9. The maximum atomic E-state index is 5.53. The molecule has 0 aliphatic heterocycles. The SMILES string of the molecule is c1ccc(-c2cccc(-c3cc(-c4cccc(-c5ccccc5)c4)c4nc(-c5ccc(-c6ccnc7ccccc67)cc5)nc(-c5ccc(-c6ccnc7ccccc67)cc5)c4c3)c2)cc1. The first-order valence-corrected chi connectivity index (χ1v) is 22.3. The lowest BCUT2D eigenvalue weighted by molar-refractivity contribution is 1.23. The number of fused-ring (bicyclic) bond motifs is 3. The highest BCUT2D eigenvalue weighted by Gasteiger charge is 2.19. The van der Waals surface area contributed by atoms with Crippen molar-refractivity contribution in [3.05, 3.63) is 243 Å². The summed E-state index contributed by atoms with van der Waals surface area (Å²) in [5.74, 6) is 0.659. The molecule has 0 amide bonds. The Morgan fingerprint density at radius 1 is 0.242 bits per heavy atom. The average molecular weight is 841 g/mol. The third-order valence-corrected chi connectivity index (χ3v) is 12.6. The zero-order chi connectivity index (χ0) is 43.8. The maximum absolute atomic E-state index is 5.53. The van der Waals surface area contributed by atoms with Crippen molar-refractivity contribution in [2.75, 3.05) is 0 Å². The Labute approximate surface area is 383 Å². The van der Waals surface area contributed by atoms with Crippen LogP contribution in [-0.2, 0) is 0 Å². The van der Waals surface area contributed by atoms with Crippen molar-refractivity contribution in [2.24, 2.45) is 0 Å². The second-order valence-electron chi connectivity index (χ2n) is 16.6. The van der Waals surface area contributed by atoms with E-state index in [1.54, 1.807) is 0 Å². The summed E-state index contributed by atoms with van der Waals surface area (Å²) < 4.78 is 0. The number of nitrogens with zero attached hydrogens (tertiary/aromatic N) is 4. The Hall–Kier alpha value is -8.86. The van der Waals surface area contributed by atoms with E-state index in [1.807, 2.05) is 24.5 Å². The van der Waals surface area contributed by atoms with Crippen molar-refractivity contribution in [2.45, 2.75) is 0 Å². The highest BCUT2D eigenvalue weighted by Crippen LogP contribution is 2.41. The van der Waals surface area contributed by atoms with Gasteiger partial charge >= 0.3 is 0 Å². The predicted molar refractivity (Wildman–Crippen MR) is 274 cm³/mol. The Morgan fingerprint density at radius 2 is 0.697 bits per heavy atom. The van der Waals surface area contributed by atoms with Crippen molar-refractivity contribution in [3.8, 4) is 89.4 Å². The Kier molecular flexibility index (Phi) is 9.81. The maximum Gasteiger partial charge on any atom is 0.160 e. The molecule has 66 heavy (non-hydrogen) atoms. The van der Waals surface area contributed by atoms with E-state index < -0.39 is 0 Å². The lowest BCUT2D eigenvalue weighted by atomic mass is 9.91. The summed E-state index contributed by atoms with van der Waals surface area (Å²) in [6.45, 7) is 0. The molecule has 3 heterocycles. The van der Waals surface area contributed by atoms with Crippen LogP contribution >= 0.6 is 0 Å². The summed E-state index contributed by atoms with van der Waals surface area (Å²) in [6, 6.07) is 81.6. The van der Waals surface area contributed by atoms with Gasteiger partial charge in [-0.1, -0.05) is 182 Å². The molecular weight excluding hydrogens is 801 g/mol. The van der Waals surface area contributed by atoms with Gasteiger partial charge in [-0.3, -0.25) is 9.97 Å². The lowest BCUT2D eigenvalue weighted by Gasteiger charge is -2.17.